The van der Waals surface area contributed by atoms with Crippen molar-refractivity contribution in [1.82, 2.24) is 4.90 Å². The van der Waals surface area contributed by atoms with Gasteiger partial charge in [-0.05, 0) is 44.5 Å². The number of aliphatic hydroxyl groups is 1. The number of aryl methyl sites for hydroxylation is 3. The molecule has 2 aromatic rings. The van der Waals surface area contributed by atoms with Gasteiger partial charge >= 0.3 is 0 Å². The minimum absolute atomic E-state index is 0.0778. The Kier molecular flexibility index (Phi) is 6.12. The highest BCUT2D eigenvalue weighted by atomic mass is 16.3. The molecule has 2 rings (SSSR count). The van der Waals surface area contributed by atoms with Crippen molar-refractivity contribution in [2.24, 2.45) is 0 Å². The Morgan fingerprint density at radius 3 is 2.25 bits per heavy atom. The average molecular weight is 326 g/mol. The number of anilines is 1. The lowest BCUT2D eigenvalue weighted by Crippen LogP contribution is -2.33. The van der Waals surface area contributed by atoms with Crippen LogP contribution in [0.2, 0.25) is 0 Å². The van der Waals surface area contributed by atoms with Gasteiger partial charge in [0.1, 0.15) is 0 Å². The molecule has 0 aliphatic heterocycles. The lowest BCUT2D eigenvalue weighted by Gasteiger charge is -2.21. The van der Waals surface area contributed by atoms with Crippen molar-refractivity contribution >= 4 is 11.6 Å². The van der Waals surface area contributed by atoms with E-state index in [9.17, 15) is 9.90 Å². The van der Waals surface area contributed by atoms with Crippen LogP contribution in [-0.4, -0.2) is 36.1 Å². The normalized spacial score (nSPS) is 12.2. The molecule has 4 nitrogen and oxygen atoms in total. The predicted molar refractivity (Wildman–Crippen MR) is 98.2 cm³/mol. The minimum atomic E-state index is -0.608. The van der Waals surface area contributed by atoms with Crippen LogP contribution in [0.3, 0.4) is 0 Å². The third-order valence-corrected chi connectivity index (χ3v) is 4.11. The van der Waals surface area contributed by atoms with Gasteiger partial charge in [-0.3, -0.25) is 9.69 Å². The van der Waals surface area contributed by atoms with Crippen LogP contribution in [0.5, 0.6) is 0 Å². The Bertz CT molecular complexity index is 675. The molecule has 2 N–H and O–H groups in total. The second-order valence-corrected chi connectivity index (χ2v) is 6.44. The Morgan fingerprint density at radius 2 is 1.67 bits per heavy atom. The van der Waals surface area contributed by atoms with Crippen molar-refractivity contribution in [3.05, 3.63) is 64.7 Å². The van der Waals surface area contributed by atoms with Crippen molar-refractivity contribution in [3.8, 4) is 0 Å². The van der Waals surface area contributed by atoms with Gasteiger partial charge in [0.15, 0.2) is 0 Å². The van der Waals surface area contributed by atoms with E-state index in [4.69, 9.17) is 0 Å². The number of aliphatic hydroxyl groups excluding tert-OH is 1. The predicted octanol–water partition coefficient (Wildman–Crippen LogP) is 3.22. The minimum Gasteiger partial charge on any atom is -0.387 e. The Labute approximate surface area is 144 Å². The molecule has 4 heteroatoms. The van der Waals surface area contributed by atoms with Crippen LogP contribution < -0.4 is 5.32 Å². The summed E-state index contributed by atoms with van der Waals surface area (Å²) >= 11 is 0. The second-order valence-electron chi connectivity index (χ2n) is 6.44. The van der Waals surface area contributed by atoms with E-state index in [0.717, 1.165) is 27.9 Å². The molecule has 0 fully saturated rings. The van der Waals surface area contributed by atoms with Crippen LogP contribution in [0, 0.1) is 20.8 Å². The first-order chi connectivity index (χ1) is 11.4. The molecule has 0 saturated heterocycles. The summed E-state index contributed by atoms with van der Waals surface area (Å²) in [7, 11) is 1.84. The number of hydrogen-bond donors (Lipinski definition) is 2. The van der Waals surface area contributed by atoms with Gasteiger partial charge in [0.05, 0.1) is 12.6 Å². The summed E-state index contributed by atoms with van der Waals surface area (Å²) in [5.74, 6) is -0.0778. The van der Waals surface area contributed by atoms with E-state index in [1.165, 1.54) is 0 Å². The molecule has 0 bridgehead atoms. The average Bonchev–Trinajstić information content (AvgIpc) is 2.51. The first kappa shape index (κ1) is 18.2. The van der Waals surface area contributed by atoms with E-state index < -0.39 is 6.10 Å². The van der Waals surface area contributed by atoms with E-state index in [-0.39, 0.29) is 12.5 Å². The molecule has 0 saturated carbocycles. The fourth-order valence-electron chi connectivity index (χ4n) is 2.69. The number of carbonyl (C=O) groups is 1. The van der Waals surface area contributed by atoms with Gasteiger partial charge in [-0.2, -0.15) is 0 Å². The Morgan fingerprint density at radius 1 is 1.08 bits per heavy atom. The number of amides is 1. The highest BCUT2D eigenvalue weighted by Gasteiger charge is 2.14. The largest absolute Gasteiger partial charge is 0.387 e. The summed E-state index contributed by atoms with van der Waals surface area (Å²) in [6, 6.07) is 13.7. The third-order valence-electron chi connectivity index (χ3n) is 4.11. The number of nitrogens with one attached hydrogen (secondary N) is 1. The summed E-state index contributed by atoms with van der Waals surface area (Å²) in [6.07, 6.45) is -0.608. The molecule has 24 heavy (non-hydrogen) atoms. The maximum Gasteiger partial charge on any atom is 0.238 e. The first-order valence-electron chi connectivity index (χ1n) is 8.16. The van der Waals surface area contributed by atoms with Gasteiger partial charge in [-0.15, -0.1) is 0 Å². The van der Waals surface area contributed by atoms with E-state index in [1.54, 1.807) is 0 Å². The molecule has 0 radical (unpaired) electrons. The summed E-state index contributed by atoms with van der Waals surface area (Å²) in [5.41, 5.74) is 4.99. The lowest BCUT2D eigenvalue weighted by atomic mass is 10.1. The van der Waals surface area contributed by atoms with Crippen molar-refractivity contribution in [3.63, 3.8) is 0 Å². The van der Waals surface area contributed by atoms with Crippen molar-refractivity contribution < 1.29 is 9.90 Å². The molecule has 0 aliphatic carbocycles. The van der Waals surface area contributed by atoms with Gasteiger partial charge in [0.2, 0.25) is 5.91 Å². The zero-order chi connectivity index (χ0) is 17.7. The number of benzene rings is 2. The van der Waals surface area contributed by atoms with Crippen LogP contribution in [0.15, 0.2) is 42.5 Å². The maximum atomic E-state index is 12.3. The quantitative estimate of drug-likeness (QED) is 0.857. The molecule has 2 aromatic carbocycles. The number of para-hydroxylation sites is 1. The number of hydrogen-bond acceptors (Lipinski definition) is 3. The van der Waals surface area contributed by atoms with Crippen LogP contribution in [-0.2, 0) is 4.79 Å². The van der Waals surface area contributed by atoms with E-state index in [2.05, 4.69) is 5.32 Å². The highest BCUT2D eigenvalue weighted by molar-refractivity contribution is 5.93. The van der Waals surface area contributed by atoms with E-state index in [1.807, 2.05) is 75.2 Å². The summed E-state index contributed by atoms with van der Waals surface area (Å²) in [5, 5.41) is 13.3. The number of nitrogens with zero attached hydrogens (tertiary/aromatic N) is 1. The van der Waals surface area contributed by atoms with Crippen molar-refractivity contribution in [1.29, 1.82) is 0 Å². The Hall–Kier alpha value is -2.17. The summed E-state index contributed by atoms with van der Waals surface area (Å²) < 4.78 is 0. The topological polar surface area (TPSA) is 52.6 Å². The molecule has 1 unspecified atom stereocenters. The molecule has 0 aromatic heterocycles. The van der Waals surface area contributed by atoms with Crippen molar-refractivity contribution in [2.75, 3.05) is 25.5 Å². The standard InChI is InChI=1S/C20H26N2O2/c1-14-8-10-17(11-9-14)18(23)12-22(4)13-19(24)21-20-15(2)6-5-7-16(20)3/h5-11,18,23H,12-13H2,1-4H3,(H,21,24). The zero-order valence-corrected chi connectivity index (χ0v) is 14.8. The second kappa shape index (κ2) is 8.08. The summed E-state index contributed by atoms with van der Waals surface area (Å²) in [4.78, 5) is 14.1. The molecule has 1 amide bonds. The summed E-state index contributed by atoms with van der Waals surface area (Å²) in [6.45, 7) is 6.61. The zero-order valence-electron chi connectivity index (χ0n) is 14.8. The number of likely N-dealkylation sites (N-methyl/N-ethyl adjacent to an activating group) is 1. The van der Waals surface area contributed by atoms with Crippen LogP contribution in [0.4, 0.5) is 5.69 Å². The van der Waals surface area contributed by atoms with Crippen molar-refractivity contribution in [2.45, 2.75) is 26.9 Å². The highest BCUT2D eigenvalue weighted by Crippen LogP contribution is 2.19. The maximum absolute atomic E-state index is 12.3. The SMILES string of the molecule is Cc1ccc(C(O)CN(C)CC(=O)Nc2c(C)cccc2C)cc1. The first-order valence-corrected chi connectivity index (χ1v) is 8.16. The Balaban J connectivity index is 1.90. The fraction of sp³-hybridized carbons (Fsp3) is 0.350. The number of rotatable bonds is 6. The van der Waals surface area contributed by atoms with Gasteiger partial charge in [-0.25, -0.2) is 0 Å². The van der Waals surface area contributed by atoms with Gasteiger partial charge < -0.3 is 10.4 Å². The molecule has 0 heterocycles. The van der Waals surface area contributed by atoms with Gasteiger partial charge in [-0.1, -0.05) is 48.0 Å². The van der Waals surface area contributed by atoms with Crippen LogP contribution in [0.1, 0.15) is 28.4 Å². The fourth-order valence-corrected chi connectivity index (χ4v) is 2.69. The number of carbonyl (C=O) groups excluding carboxylic acids is 1. The van der Waals surface area contributed by atoms with Gasteiger partial charge in [0, 0.05) is 12.2 Å². The third kappa shape index (κ3) is 4.91. The van der Waals surface area contributed by atoms with E-state index >= 15 is 0 Å². The molecular formula is C20H26N2O2. The monoisotopic (exact) mass is 326 g/mol. The van der Waals surface area contributed by atoms with Crippen LogP contribution >= 0.6 is 0 Å². The lowest BCUT2D eigenvalue weighted by molar-refractivity contribution is -0.117. The van der Waals surface area contributed by atoms with Crippen LogP contribution in [0.25, 0.3) is 0 Å². The smallest absolute Gasteiger partial charge is 0.238 e. The molecular weight excluding hydrogens is 300 g/mol. The molecule has 0 aliphatic rings. The van der Waals surface area contributed by atoms with E-state index in [0.29, 0.717) is 6.54 Å². The van der Waals surface area contributed by atoms with Gasteiger partial charge in [0.25, 0.3) is 0 Å². The molecule has 0 spiro atoms. The molecule has 128 valence electrons. The molecule has 1 atom stereocenters.